The van der Waals surface area contributed by atoms with E-state index in [-0.39, 0.29) is 6.10 Å². The number of rotatable bonds is 7. The van der Waals surface area contributed by atoms with E-state index in [2.05, 4.69) is 15.9 Å². The summed E-state index contributed by atoms with van der Waals surface area (Å²) in [5, 5.41) is 10.1. The van der Waals surface area contributed by atoms with Crippen LogP contribution >= 0.6 is 15.9 Å². The molecule has 0 radical (unpaired) electrons. The van der Waals surface area contributed by atoms with Crippen LogP contribution in [0.3, 0.4) is 0 Å². The van der Waals surface area contributed by atoms with Crippen LogP contribution in [0.15, 0.2) is 0 Å². The van der Waals surface area contributed by atoms with Crippen LogP contribution in [-0.4, -0.2) is 16.5 Å². The summed E-state index contributed by atoms with van der Waals surface area (Å²) >= 11 is 3.40. The molecule has 1 N–H and O–H groups in total. The molecule has 0 heterocycles. The number of unbranched alkanes of at least 4 members (excludes halogenated alkanes) is 4. The Balaban J connectivity index is 2.80. The van der Waals surface area contributed by atoms with Gasteiger partial charge in [0, 0.05) is 5.33 Å². The van der Waals surface area contributed by atoms with Crippen molar-refractivity contribution in [2.75, 3.05) is 5.33 Å². The maximum absolute atomic E-state index is 8.95. The van der Waals surface area contributed by atoms with Gasteiger partial charge in [0.1, 0.15) is 0 Å². The van der Waals surface area contributed by atoms with Crippen molar-refractivity contribution >= 4 is 15.9 Å². The molecule has 0 aromatic heterocycles. The predicted octanol–water partition coefficient (Wildman–Crippen LogP) is 3.10. The average molecular weight is 223 g/mol. The van der Waals surface area contributed by atoms with Gasteiger partial charge in [0.15, 0.2) is 0 Å². The molecule has 1 atom stereocenters. The Morgan fingerprint density at radius 1 is 1.09 bits per heavy atom. The number of hydrogen-bond donors (Lipinski definition) is 1. The molecule has 0 aromatic carbocycles. The summed E-state index contributed by atoms with van der Waals surface area (Å²) < 4.78 is 0. The zero-order valence-corrected chi connectivity index (χ0v) is 8.94. The molecule has 0 unspecified atom stereocenters. The molecule has 11 heavy (non-hydrogen) atoms. The van der Waals surface area contributed by atoms with E-state index in [0.29, 0.717) is 0 Å². The highest BCUT2D eigenvalue weighted by atomic mass is 79.9. The quantitative estimate of drug-likeness (QED) is 0.519. The summed E-state index contributed by atoms with van der Waals surface area (Å²) in [6, 6.07) is 0. The van der Waals surface area contributed by atoms with Crippen molar-refractivity contribution in [3.63, 3.8) is 0 Å². The number of aliphatic hydroxyl groups excluding tert-OH is 1. The number of halogens is 1. The Labute approximate surface area is 78.3 Å². The van der Waals surface area contributed by atoms with Gasteiger partial charge in [-0.1, -0.05) is 41.6 Å². The summed E-state index contributed by atoms with van der Waals surface area (Å²) in [5.74, 6) is 0. The molecule has 0 aliphatic carbocycles. The summed E-state index contributed by atoms with van der Waals surface area (Å²) in [5.41, 5.74) is 0. The zero-order valence-electron chi connectivity index (χ0n) is 7.35. The lowest BCUT2D eigenvalue weighted by Gasteiger charge is -2.02. The highest BCUT2D eigenvalue weighted by Crippen LogP contribution is 2.07. The van der Waals surface area contributed by atoms with E-state index in [1.807, 2.05) is 6.92 Å². The van der Waals surface area contributed by atoms with Crippen LogP contribution in [0.2, 0.25) is 0 Å². The molecule has 1 nitrogen and oxygen atoms in total. The van der Waals surface area contributed by atoms with Crippen LogP contribution in [0.5, 0.6) is 0 Å². The van der Waals surface area contributed by atoms with E-state index in [9.17, 15) is 0 Å². The van der Waals surface area contributed by atoms with E-state index in [0.717, 1.165) is 11.8 Å². The van der Waals surface area contributed by atoms with Crippen LogP contribution in [-0.2, 0) is 0 Å². The van der Waals surface area contributed by atoms with Crippen molar-refractivity contribution in [3.8, 4) is 0 Å². The van der Waals surface area contributed by atoms with Crippen molar-refractivity contribution in [1.29, 1.82) is 0 Å². The first-order valence-electron chi connectivity index (χ1n) is 4.51. The van der Waals surface area contributed by atoms with Gasteiger partial charge in [-0.3, -0.25) is 0 Å². The lowest BCUT2D eigenvalue weighted by molar-refractivity contribution is 0.180. The standard InChI is InChI=1S/C9H19BrO/c1-9(11)7-5-3-2-4-6-8-10/h9,11H,2-8H2,1H3/t9-/m1/s1. The minimum Gasteiger partial charge on any atom is -0.393 e. The van der Waals surface area contributed by atoms with Gasteiger partial charge < -0.3 is 5.11 Å². The molecule has 0 fully saturated rings. The van der Waals surface area contributed by atoms with Gasteiger partial charge in [-0.15, -0.1) is 0 Å². The fraction of sp³-hybridized carbons (Fsp3) is 1.00. The normalized spacial score (nSPS) is 13.4. The van der Waals surface area contributed by atoms with Crippen molar-refractivity contribution in [2.45, 2.75) is 51.6 Å². The molecule has 0 amide bonds. The fourth-order valence-corrected chi connectivity index (χ4v) is 1.46. The summed E-state index contributed by atoms with van der Waals surface area (Å²) in [6.07, 6.45) is 7.25. The lowest BCUT2D eigenvalue weighted by atomic mass is 10.1. The van der Waals surface area contributed by atoms with Gasteiger partial charge in [0.05, 0.1) is 6.10 Å². The molecule has 0 aliphatic heterocycles. The van der Waals surface area contributed by atoms with Crippen molar-refractivity contribution < 1.29 is 5.11 Å². The first kappa shape index (κ1) is 11.4. The molecule has 0 spiro atoms. The van der Waals surface area contributed by atoms with E-state index in [4.69, 9.17) is 5.11 Å². The third kappa shape index (κ3) is 10.4. The topological polar surface area (TPSA) is 20.2 Å². The number of aliphatic hydroxyl groups is 1. The molecule has 2 heteroatoms. The Morgan fingerprint density at radius 2 is 1.64 bits per heavy atom. The Hall–Kier alpha value is 0.440. The molecular weight excluding hydrogens is 204 g/mol. The first-order chi connectivity index (χ1) is 5.27. The van der Waals surface area contributed by atoms with Crippen molar-refractivity contribution in [3.05, 3.63) is 0 Å². The van der Waals surface area contributed by atoms with E-state index >= 15 is 0 Å². The maximum atomic E-state index is 8.95. The summed E-state index contributed by atoms with van der Waals surface area (Å²) in [7, 11) is 0. The lowest BCUT2D eigenvalue weighted by Crippen LogP contribution is -1.98. The Bertz CT molecular complexity index is 74.0. The molecule has 0 rings (SSSR count). The van der Waals surface area contributed by atoms with Crippen LogP contribution in [0.25, 0.3) is 0 Å². The fourth-order valence-electron chi connectivity index (χ4n) is 1.06. The van der Waals surface area contributed by atoms with Gasteiger partial charge in [0.25, 0.3) is 0 Å². The third-order valence-electron chi connectivity index (χ3n) is 1.76. The third-order valence-corrected chi connectivity index (χ3v) is 2.32. The molecule has 0 saturated carbocycles. The van der Waals surface area contributed by atoms with Gasteiger partial charge in [-0.25, -0.2) is 0 Å². The van der Waals surface area contributed by atoms with Crippen LogP contribution < -0.4 is 0 Å². The molecule has 68 valence electrons. The van der Waals surface area contributed by atoms with E-state index in [1.54, 1.807) is 0 Å². The van der Waals surface area contributed by atoms with Gasteiger partial charge in [0.2, 0.25) is 0 Å². The Morgan fingerprint density at radius 3 is 2.18 bits per heavy atom. The minimum absolute atomic E-state index is 0.105. The SMILES string of the molecule is C[C@@H](O)CCCCCCCBr. The van der Waals surface area contributed by atoms with Gasteiger partial charge in [-0.05, 0) is 19.8 Å². The van der Waals surface area contributed by atoms with Crippen LogP contribution in [0, 0.1) is 0 Å². The minimum atomic E-state index is -0.105. The second kappa shape index (κ2) is 8.54. The average Bonchev–Trinajstić information content (AvgIpc) is 1.96. The molecule has 0 aromatic rings. The van der Waals surface area contributed by atoms with Crippen molar-refractivity contribution in [2.24, 2.45) is 0 Å². The maximum Gasteiger partial charge on any atom is 0.0512 e. The molecule has 0 aliphatic rings. The van der Waals surface area contributed by atoms with E-state index in [1.165, 1.54) is 32.1 Å². The predicted molar refractivity (Wildman–Crippen MR) is 53.2 cm³/mol. The summed E-state index contributed by atoms with van der Waals surface area (Å²) in [6.45, 7) is 1.86. The van der Waals surface area contributed by atoms with Gasteiger partial charge in [-0.2, -0.15) is 0 Å². The summed E-state index contributed by atoms with van der Waals surface area (Å²) in [4.78, 5) is 0. The number of alkyl halides is 1. The van der Waals surface area contributed by atoms with Crippen molar-refractivity contribution in [1.82, 2.24) is 0 Å². The smallest absolute Gasteiger partial charge is 0.0512 e. The van der Waals surface area contributed by atoms with Gasteiger partial charge >= 0.3 is 0 Å². The van der Waals surface area contributed by atoms with Crippen LogP contribution in [0.4, 0.5) is 0 Å². The number of hydrogen-bond acceptors (Lipinski definition) is 1. The largest absolute Gasteiger partial charge is 0.393 e. The zero-order chi connectivity index (χ0) is 8.53. The highest BCUT2D eigenvalue weighted by molar-refractivity contribution is 9.09. The monoisotopic (exact) mass is 222 g/mol. The highest BCUT2D eigenvalue weighted by Gasteiger charge is 1.94. The first-order valence-corrected chi connectivity index (χ1v) is 5.63. The molecule has 0 saturated heterocycles. The molecular formula is C9H19BrO. The second-order valence-electron chi connectivity index (χ2n) is 3.09. The van der Waals surface area contributed by atoms with Crippen LogP contribution in [0.1, 0.15) is 45.4 Å². The second-order valence-corrected chi connectivity index (χ2v) is 3.89. The van der Waals surface area contributed by atoms with E-state index < -0.39 is 0 Å². The molecule has 0 bridgehead atoms. The Kier molecular flexibility index (Phi) is 8.88.